The summed E-state index contributed by atoms with van der Waals surface area (Å²) in [5.74, 6) is 0.159. The Morgan fingerprint density at radius 3 is 2.27 bits per heavy atom. The second-order valence-corrected chi connectivity index (χ2v) is 5.81. The van der Waals surface area contributed by atoms with Gasteiger partial charge in [-0.3, -0.25) is 4.79 Å². The SMILES string of the molecule is [CH2]c1ccc([CH]CC(=O)c2ccc(N3CCCC3)cc2)cc1. The van der Waals surface area contributed by atoms with Gasteiger partial charge in [0, 0.05) is 30.8 Å². The normalized spacial score (nSPS) is 14.3. The Labute approximate surface area is 132 Å². The maximum absolute atomic E-state index is 12.3. The number of ketones is 1. The van der Waals surface area contributed by atoms with Gasteiger partial charge in [-0.2, -0.15) is 0 Å². The topological polar surface area (TPSA) is 20.3 Å². The Bertz CT molecular complexity index is 622. The minimum atomic E-state index is 0.159. The van der Waals surface area contributed by atoms with Crippen molar-refractivity contribution in [2.24, 2.45) is 0 Å². The molecule has 0 bridgehead atoms. The van der Waals surface area contributed by atoms with E-state index in [4.69, 9.17) is 0 Å². The summed E-state index contributed by atoms with van der Waals surface area (Å²) in [6.07, 6.45) is 4.93. The molecule has 0 saturated carbocycles. The molecule has 1 saturated heterocycles. The summed E-state index contributed by atoms with van der Waals surface area (Å²) in [5.41, 5.74) is 4.06. The molecule has 0 spiro atoms. The van der Waals surface area contributed by atoms with Crippen molar-refractivity contribution in [3.8, 4) is 0 Å². The fourth-order valence-corrected chi connectivity index (χ4v) is 2.82. The lowest BCUT2D eigenvalue weighted by molar-refractivity contribution is 0.0992. The van der Waals surface area contributed by atoms with Crippen molar-refractivity contribution >= 4 is 11.5 Å². The van der Waals surface area contributed by atoms with E-state index in [2.05, 4.69) is 24.0 Å². The maximum atomic E-state index is 12.3. The van der Waals surface area contributed by atoms with Gasteiger partial charge in [-0.25, -0.2) is 0 Å². The number of Topliss-reactive ketones (excluding diaryl/α,β-unsaturated/α-hetero) is 1. The second-order valence-electron chi connectivity index (χ2n) is 5.81. The summed E-state index contributed by atoms with van der Waals surface area (Å²) in [5, 5.41) is 0. The number of rotatable bonds is 5. The first-order chi connectivity index (χ1) is 10.7. The third-order valence-electron chi connectivity index (χ3n) is 4.16. The summed E-state index contributed by atoms with van der Waals surface area (Å²) < 4.78 is 0. The van der Waals surface area contributed by atoms with Crippen molar-refractivity contribution in [1.82, 2.24) is 0 Å². The van der Waals surface area contributed by atoms with Gasteiger partial charge in [-0.05, 0) is 61.6 Å². The molecule has 1 aliphatic rings. The summed E-state index contributed by atoms with van der Waals surface area (Å²) in [7, 11) is 0. The van der Waals surface area contributed by atoms with Crippen molar-refractivity contribution in [1.29, 1.82) is 0 Å². The van der Waals surface area contributed by atoms with Crippen LogP contribution in [0.5, 0.6) is 0 Å². The maximum Gasteiger partial charge on any atom is 0.163 e. The van der Waals surface area contributed by atoms with E-state index < -0.39 is 0 Å². The van der Waals surface area contributed by atoms with Gasteiger partial charge in [0.15, 0.2) is 5.78 Å². The molecule has 2 heteroatoms. The second kappa shape index (κ2) is 6.78. The number of anilines is 1. The summed E-state index contributed by atoms with van der Waals surface area (Å²) in [4.78, 5) is 14.6. The highest BCUT2D eigenvalue weighted by Crippen LogP contribution is 2.21. The molecule has 0 N–H and O–H groups in total. The lowest BCUT2D eigenvalue weighted by atomic mass is 10.0. The van der Waals surface area contributed by atoms with Crippen molar-refractivity contribution in [2.75, 3.05) is 18.0 Å². The van der Waals surface area contributed by atoms with E-state index in [-0.39, 0.29) is 5.78 Å². The highest BCUT2D eigenvalue weighted by atomic mass is 16.1. The number of nitrogens with zero attached hydrogens (tertiary/aromatic N) is 1. The van der Waals surface area contributed by atoms with Crippen LogP contribution in [0.1, 0.15) is 40.7 Å². The monoisotopic (exact) mass is 291 g/mol. The van der Waals surface area contributed by atoms with Gasteiger partial charge in [0.1, 0.15) is 0 Å². The molecule has 2 nitrogen and oxygen atoms in total. The molecule has 0 amide bonds. The first-order valence-corrected chi connectivity index (χ1v) is 7.86. The van der Waals surface area contributed by atoms with Crippen LogP contribution in [0.4, 0.5) is 5.69 Å². The van der Waals surface area contributed by atoms with Crippen LogP contribution < -0.4 is 4.90 Å². The molecule has 2 aromatic rings. The Hall–Kier alpha value is -2.09. The summed E-state index contributed by atoms with van der Waals surface area (Å²) in [6, 6.07) is 15.9. The zero-order valence-electron chi connectivity index (χ0n) is 12.8. The van der Waals surface area contributed by atoms with E-state index in [1.165, 1.54) is 18.5 Å². The lowest BCUT2D eigenvalue weighted by Gasteiger charge is -2.17. The first-order valence-electron chi connectivity index (χ1n) is 7.86. The zero-order chi connectivity index (χ0) is 15.4. The molecule has 0 aliphatic carbocycles. The molecule has 1 heterocycles. The minimum Gasteiger partial charge on any atom is -0.372 e. The fraction of sp³-hybridized carbons (Fsp3) is 0.250. The number of hydrogen-bond acceptors (Lipinski definition) is 2. The first kappa shape index (κ1) is 14.8. The third-order valence-corrected chi connectivity index (χ3v) is 4.16. The number of hydrogen-bond donors (Lipinski definition) is 0. The van der Waals surface area contributed by atoms with Gasteiger partial charge >= 0.3 is 0 Å². The molecule has 0 aromatic heterocycles. The van der Waals surface area contributed by atoms with Crippen LogP contribution in [-0.4, -0.2) is 18.9 Å². The zero-order valence-corrected chi connectivity index (χ0v) is 12.8. The summed E-state index contributed by atoms with van der Waals surface area (Å²) >= 11 is 0. The lowest BCUT2D eigenvalue weighted by Crippen LogP contribution is -2.17. The van der Waals surface area contributed by atoms with Crippen LogP contribution >= 0.6 is 0 Å². The molecule has 2 radical (unpaired) electrons. The van der Waals surface area contributed by atoms with E-state index in [9.17, 15) is 4.79 Å². The Kier molecular flexibility index (Phi) is 4.57. The fourth-order valence-electron chi connectivity index (χ4n) is 2.82. The minimum absolute atomic E-state index is 0.159. The average molecular weight is 291 g/mol. The number of carbonyl (C=O) groups is 1. The van der Waals surface area contributed by atoms with Crippen molar-refractivity contribution in [3.63, 3.8) is 0 Å². The third kappa shape index (κ3) is 3.56. The van der Waals surface area contributed by atoms with Crippen molar-refractivity contribution in [2.45, 2.75) is 19.3 Å². The van der Waals surface area contributed by atoms with E-state index in [0.29, 0.717) is 6.42 Å². The molecule has 1 aliphatic heterocycles. The molecular weight excluding hydrogens is 270 g/mol. The Morgan fingerprint density at radius 2 is 1.64 bits per heavy atom. The van der Waals surface area contributed by atoms with Gasteiger partial charge in [0.2, 0.25) is 0 Å². The van der Waals surface area contributed by atoms with Gasteiger partial charge in [-0.1, -0.05) is 24.3 Å². The smallest absolute Gasteiger partial charge is 0.163 e. The molecule has 2 aromatic carbocycles. The van der Waals surface area contributed by atoms with Crippen LogP contribution in [0.25, 0.3) is 0 Å². The standard InChI is InChI=1S/C20H21NO/c1-16-4-6-17(7-5-16)8-13-20(22)18-9-11-19(12-10-18)21-14-2-3-15-21/h4-12H,1-3,13-15H2. The number of benzene rings is 2. The van der Waals surface area contributed by atoms with Crippen LogP contribution in [0.2, 0.25) is 0 Å². The van der Waals surface area contributed by atoms with Gasteiger partial charge in [0.25, 0.3) is 0 Å². The quantitative estimate of drug-likeness (QED) is 0.766. The van der Waals surface area contributed by atoms with Gasteiger partial charge < -0.3 is 4.90 Å². The molecule has 0 unspecified atom stereocenters. The highest BCUT2D eigenvalue weighted by Gasteiger charge is 2.13. The Balaban J connectivity index is 1.58. The van der Waals surface area contributed by atoms with Crippen LogP contribution in [-0.2, 0) is 0 Å². The van der Waals surface area contributed by atoms with Crippen molar-refractivity contribution in [3.05, 3.63) is 78.6 Å². The average Bonchev–Trinajstić information content (AvgIpc) is 3.09. The predicted octanol–water partition coefficient (Wildman–Crippen LogP) is 4.29. The van der Waals surface area contributed by atoms with E-state index in [0.717, 1.165) is 29.8 Å². The van der Waals surface area contributed by atoms with Gasteiger partial charge in [-0.15, -0.1) is 0 Å². The van der Waals surface area contributed by atoms with E-state index >= 15 is 0 Å². The van der Waals surface area contributed by atoms with Gasteiger partial charge in [0.05, 0.1) is 0 Å². The van der Waals surface area contributed by atoms with Crippen LogP contribution in [0, 0.1) is 13.3 Å². The molecule has 1 fully saturated rings. The molecule has 22 heavy (non-hydrogen) atoms. The van der Waals surface area contributed by atoms with Crippen LogP contribution in [0.15, 0.2) is 48.5 Å². The highest BCUT2D eigenvalue weighted by molar-refractivity contribution is 5.97. The van der Waals surface area contributed by atoms with Crippen LogP contribution in [0.3, 0.4) is 0 Å². The molecule has 3 rings (SSSR count). The summed E-state index contributed by atoms with van der Waals surface area (Å²) in [6.45, 7) is 6.12. The van der Waals surface area contributed by atoms with E-state index in [1.807, 2.05) is 42.8 Å². The molecule has 0 atom stereocenters. The van der Waals surface area contributed by atoms with Crippen molar-refractivity contribution < 1.29 is 4.79 Å². The molecule has 112 valence electrons. The molecular formula is C20H21NO. The predicted molar refractivity (Wildman–Crippen MR) is 91.1 cm³/mol. The Morgan fingerprint density at radius 1 is 1.00 bits per heavy atom. The number of carbonyl (C=O) groups excluding carboxylic acids is 1. The largest absolute Gasteiger partial charge is 0.372 e. The van der Waals surface area contributed by atoms with E-state index in [1.54, 1.807) is 0 Å².